The second-order valence-electron chi connectivity index (χ2n) is 16.5. The van der Waals surface area contributed by atoms with Gasteiger partial charge in [-0.3, -0.25) is 0 Å². The Bertz CT molecular complexity index is 2160. The SMILES string of the molecule is CC(C)(C)Cn1c[n+](CC(C)(C)C)c2c1Cc1c(-c3ccccc3)cc3ccccc3c1-c1c(c(-c3ccccc3)cc3ccccc13)C2. The van der Waals surface area contributed by atoms with Gasteiger partial charge in [-0.1, -0.05) is 151 Å². The third kappa shape index (κ3) is 5.88. The Hall–Kier alpha value is -4.95. The molecule has 0 fully saturated rings. The highest BCUT2D eigenvalue weighted by atomic mass is 15.2. The minimum atomic E-state index is 0.131. The van der Waals surface area contributed by atoms with E-state index in [1.807, 2.05) is 0 Å². The second-order valence-corrected chi connectivity index (χ2v) is 16.5. The molecule has 0 atom stereocenters. The van der Waals surface area contributed by atoms with E-state index < -0.39 is 0 Å². The van der Waals surface area contributed by atoms with Crippen molar-refractivity contribution < 1.29 is 4.57 Å². The molecular weight excluding hydrogens is 593 g/mol. The topological polar surface area (TPSA) is 8.81 Å². The number of aromatic nitrogens is 2. The van der Waals surface area contributed by atoms with E-state index in [1.165, 1.54) is 77.4 Å². The van der Waals surface area contributed by atoms with Crippen molar-refractivity contribution in [3.8, 4) is 33.4 Å². The van der Waals surface area contributed by atoms with Crippen LogP contribution < -0.4 is 4.57 Å². The minimum Gasteiger partial charge on any atom is -0.233 e. The molecule has 8 rings (SSSR count). The maximum atomic E-state index is 2.60. The van der Waals surface area contributed by atoms with Crippen molar-refractivity contribution in [2.24, 2.45) is 10.8 Å². The summed E-state index contributed by atoms with van der Waals surface area (Å²) >= 11 is 0. The van der Waals surface area contributed by atoms with Crippen LogP contribution in [0.5, 0.6) is 0 Å². The zero-order valence-corrected chi connectivity index (χ0v) is 29.8. The lowest BCUT2D eigenvalue weighted by atomic mass is 9.77. The van der Waals surface area contributed by atoms with Gasteiger partial charge in [0, 0.05) is 12.8 Å². The molecule has 6 aromatic carbocycles. The molecule has 1 aliphatic rings. The highest BCUT2D eigenvalue weighted by molar-refractivity contribution is 6.12. The van der Waals surface area contributed by atoms with Crippen molar-refractivity contribution in [3.63, 3.8) is 0 Å². The number of hydrogen-bond acceptors (Lipinski definition) is 0. The van der Waals surface area contributed by atoms with Gasteiger partial charge in [0.1, 0.15) is 0 Å². The van der Waals surface area contributed by atoms with Crippen LogP contribution in [0.1, 0.15) is 64.1 Å². The van der Waals surface area contributed by atoms with Crippen LogP contribution in [0.4, 0.5) is 0 Å². The summed E-state index contributed by atoms with van der Waals surface area (Å²) in [6.07, 6.45) is 4.19. The summed E-state index contributed by atoms with van der Waals surface area (Å²) in [5.41, 5.74) is 13.9. The monoisotopic (exact) mass is 639 g/mol. The Morgan fingerprint density at radius 1 is 0.551 bits per heavy atom. The number of nitrogens with zero attached hydrogens (tertiary/aromatic N) is 2. The summed E-state index contributed by atoms with van der Waals surface area (Å²) in [7, 11) is 0. The van der Waals surface area contributed by atoms with Crippen molar-refractivity contribution >= 4 is 21.5 Å². The van der Waals surface area contributed by atoms with Crippen molar-refractivity contribution in [1.29, 1.82) is 0 Å². The molecule has 1 aromatic heterocycles. The lowest BCUT2D eigenvalue weighted by molar-refractivity contribution is -0.714. The van der Waals surface area contributed by atoms with Crippen LogP contribution >= 0.6 is 0 Å². The number of hydrogen-bond donors (Lipinski definition) is 0. The normalized spacial score (nSPS) is 13.1. The van der Waals surface area contributed by atoms with Gasteiger partial charge in [0.15, 0.2) is 11.4 Å². The fourth-order valence-corrected chi connectivity index (χ4v) is 8.15. The Morgan fingerprint density at radius 3 is 1.51 bits per heavy atom. The number of rotatable bonds is 4. The number of imidazole rings is 1. The molecule has 1 aliphatic carbocycles. The molecule has 2 nitrogen and oxygen atoms in total. The van der Waals surface area contributed by atoms with Gasteiger partial charge in [-0.05, 0) is 89.0 Å². The summed E-state index contributed by atoms with van der Waals surface area (Å²) in [5, 5.41) is 5.23. The Balaban J connectivity index is 1.59. The second kappa shape index (κ2) is 11.9. The smallest absolute Gasteiger partial charge is 0.233 e. The maximum Gasteiger partial charge on any atom is 0.244 e. The minimum absolute atomic E-state index is 0.131. The molecule has 244 valence electrons. The van der Waals surface area contributed by atoms with E-state index in [1.54, 1.807) is 0 Å². The van der Waals surface area contributed by atoms with E-state index in [0.29, 0.717) is 0 Å². The first-order valence-electron chi connectivity index (χ1n) is 17.8. The van der Waals surface area contributed by atoms with E-state index >= 15 is 0 Å². The van der Waals surface area contributed by atoms with Gasteiger partial charge < -0.3 is 0 Å². The van der Waals surface area contributed by atoms with Gasteiger partial charge in [-0.15, -0.1) is 0 Å². The molecule has 0 amide bonds. The summed E-state index contributed by atoms with van der Waals surface area (Å²) < 4.78 is 5.20. The van der Waals surface area contributed by atoms with Crippen LogP contribution in [0.2, 0.25) is 0 Å². The zero-order chi connectivity index (χ0) is 33.9. The Labute approximate surface area is 291 Å². The maximum absolute atomic E-state index is 2.60. The van der Waals surface area contributed by atoms with Crippen LogP contribution in [0.25, 0.3) is 54.9 Å². The van der Waals surface area contributed by atoms with Crippen molar-refractivity contribution in [2.75, 3.05) is 0 Å². The number of benzene rings is 6. The van der Waals surface area contributed by atoms with Crippen LogP contribution in [0.15, 0.2) is 128 Å². The Kier molecular flexibility index (Phi) is 7.59. The van der Waals surface area contributed by atoms with E-state index in [0.717, 1.165) is 25.9 Å². The number of fused-ring (bicyclic) bond motifs is 8. The zero-order valence-electron chi connectivity index (χ0n) is 29.8. The molecule has 0 unspecified atom stereocenters. The predicted octanol–water partition coefficient (Wildman–Crippen LogP) is 11.7. The van der Waals surface area contributed by atoms with Gasteiger partial charge in [0.25, 0.3) is 0 Å². The molecule has 0 saturated carbocycles. The highest BCUT2D eigenvalue weighted by Gasteiger charge is 2.34. The van der Waals surface area contributed by atoms with E-state index in [2.05, 4.69) is 178 Å². The van der Waals surface area contributed by atoms with Gasteiger partial charge in [0.2, 0.25) is 6.33 Å². The lowest BCUT2D eigenvalue weighted by Gasteiger charge is -2.27. The molecule has 1 heterocycles. The quantitative estimate of drug-likeness (QED) is 0.169. The molecule has 0 radical (unpaired) electrons. The predicted molar refractivity (Wildman–Crippen MR) is 207 cm³/mol. The van der Waals surface area contributed by atoms with Gasteiger partial charge in [-0.25, -0.2) is 9.13 Å². The first-order valence-corrected chi connectivity index (χ1v) is 17.8. The summed E-state index contributed by atoms with van der Waals surface area (Å²) in [6.45, 7) is 16.1. The summed E-state index contributed by atoms with van der Waals surface area (Å²) in [6, 6.07) is 45.2. The third-order valence-electron chi connectivity index (χ3n) is 10.0. The van der Waals surface area contributed by atoms with Gasteiger partial charge >= 0.3 is 0 Å². The van der Waals surface area contributed by atoms with Crippen molar-refractivity contribution in [2.45, 2.75) is 67.5 Å². The van der Waals surface area contributed by atoms with E-state index in [4.69, 9.17) is 0 Å². The molecule has 2 heteroatoms. The molecule has 7 aromatic rings. The Morgan fingerprint density at radius 2 is 1.02 bits per heavy atom. The lowest BCUT2D eigenvalue weighted by Crippen LogP contribution is -2.42. The average molecular weight is 640 g/mol. The first kappa shape index (κ1) is 31.3. The molecule has 0 N–H and O–H groups in total. The van der Waals surface area contributed by atoms with Crippen LogP contribution in [0, 0.1) is 10.8 Å². The molecule has 0 saturated heterocycles. The van der Waals surface area contributed by atoms with Crippen LogP contribution in [-0.2, 0) is 25.9 Å². The molecule has 0 aliphatic heterocycles. The standard InChI is InChI=1S/C47H47N2/c1-46(2,3)29-48-31-49(30-47(4,5)6)43-28-41-39(33-19-11-8-12-20-33)26-35-22-14-16-24-37(35)45(41)44-36-23-15-13-21-34(36)25-38(40(44)27-42(43)48)32-17-9-7-10-18-32/h7-26,31H,27-30H2,1-6H3/q+1. The van der Waals surface area contributed by atoms with Gasteiger partial charge in [0.05, 0.1) is 13.1 Å². The third-order valence-corrected chi connectivity index (χ3v) is 10.0. The summed E-state index contributed by atoms with van der Waals surface area (Å²) in [4.78, 5) is 0. The van der Waals surface area contributed by atoms with E-state index in [-0.39, 0.29) is 10.8 Å². The first-order chi connectivity index (χ1) is 23.5. The molecule has 0 bridgehead atoms. The van der Waals surface area contributed by atoms with E-state index in [9.17, 15) is 0 Å². The van der Waals surface area contributed by atoms with Crippen molar-refractivity contribution in [1.82, 2.24) is 4.57 Å². The van der Waals surface area contributed by atoms with Crippen LogP contribution in [-0.4, -0.2) is 4.57 Å². The van der Waals surface area contributed by atoms with Crippen molar-refractivity contribution in [3.05, 3.63) is 150 Å². The molecule has 0 spiro atoms. The molecular formula is C47H47N2+. The fraction of sp³-hybridized carbons (Fsp3) is 0.255. The summed E-state index contributed by atoms with van der Waals surface area (Å²) in [5.74, 6) is 0. The van der Waals surface area contributed by atoms with Crippen LogP contribution in [0.3, 0.4) is 0 Å². The largest absolute Gasteiger partial charge is 0.244 e. The van der Waals surface area contributed by atoms with Gasteiger partial charge in [-0.2, -0.15) is 0 Å². The molecule has 49 heavy (non-hydrogen) atoms. The highest BCUT2D eigenvalue weighted by Crippen LogP contribution is 2.48. The average Bonchev–Trinajstić information content (AvgIpc) is 3.35. The fourth-order valence-electron chi connectivity index (χ4n) is 8.15.